The van der Waals surface area contributed by atoms with Crippen LogP contribution in [0.15, 0.2) is 108 Å². The molecule has 0 atom stereocenters. The van der Waals surface area contributed by atoms with E-state index in [1.54, 1.807) is 54.6 Å². The van der Waals surface area contributed by atoms with Gasteiger partial charge in [0.15, 0.2) is 0 Å². The summed E-state index contributed by atoms with van der Waals surface area (Å²) >= 11 is 0. The van der Waals surface area contributed by atoms with Crippen LogP contribution in [0, 0.1) is 13.8 Å². The maximum atomic E-state index is 13.8. The number of sulfonamides is 1. The molecule has 0 aliphatic heterocycles. The van der Waals surface area contributed by atoms with E-state index >= 15 is 0 Å². The first-order valence-electron chi connectivity index (χ1n) is 12.1. The second-order valence-electron chi connectivity index (χ2n) is 8.70. The molecule has 4 aromatic carbocycles. The fourth-order valence-corrected chi connectivity index (χ4v) is 5.43. The number of anilines is 1. The normalized spacial score (nSPS) is 11.1. The number of carbonyl (C=O) groups is 1. The van der Waals surface area contributed by atoms with Gasteiger partial charge in [0.25, 0.3) is 15.9 Å². The molecule has 0 bridgehead atoms. The van der Waals surface area contributed by atoms with Crippen molar-refractivity contribution < 1.29 is 17.9 Å². The van der Waals surface area contributed by atoms with E-state index in [9.17, 15) is 13.2 Å². The van der Waals surface area contributed by atoms with Gasteiger partial charge in [-0.05, 0) is 60.9 Å². The monoisotopic (exact) mass is 514 g/mol. The lowest BCUT2D eigenvalue weighted by atomic mass is 10.1. The van der Waals surface area contributed by atoms with Crippen LogP contribution >= 0.6 is 0 Å². The van der Waals surface area contributed by atoms with E-state index in [0.29, 0.717) is 5.69 Å². The van der Waals surface area contributed by atoms with E-state index in [2.05, 4.69) is 5.32 Å². The topological polar surface area (TPSA) is 75.7 Å². The molecular formula is C30H30N2O4S. The number of ether oxygens (including phenoxy) is 1. The van der Waals surface area contributed by atoms with Crippen molar-refractivity contribution >= 4 is 21.6 Å². The van der Waals surface area contributed by atoms with Gasteiger partial charge in [0.1, 0.15) is 12.4 Å². The predicted molar refractivity (Wildman–Crippen MR) is 146 cm³/mol. The Kier molecular flexibility index (Phi) is 8.25. The van der Waals surface area contributed by atoms with Crippen molar-refractivity contribution in [2.75, 3.05) is 17.5 Å². The van der Waals surface area contributed by atoms with Crippen LogP contribution in [0.2, 0.25) is 0 Å². The highest BCUT2D eigenvalue weighted by molar-refractivity contribution is 7.92. The molecule has 0 radical (unpaired) electrons. The van der Waals surface area contributed by atoms with Crippen LogP contribution in [0.4, 0.5) is 5.69 Å². The molecule has 37 heavy (non-hydrogen) atoms. The van der Waals surface area contributed by atoms with E-state index < -0.39 is 10.0 Å². The molecule has 1 amide bonds. The molecule has 6 nitrogen and oxygen atoms in total. The Morgan fingerprint density at radius 2 is 1.49 bits per heavy atom. The van der Waals surface area contributed by atoms with E-state index in [4.69, 9.17) is 4.74 Å². The molecule has 0 aromatic heterocycles. The van der Waals surface area contributed by atoms with Crippen molar-refractivity contribution in [1.82, 2.24) is 5.32 Å². The minimum Gasteiger partial charge on any atom is -0.491 e. The SMILES string of the molecule is Cc1ccc(C)c(OCCNC(=O)c2ccccc2N(Cc2ccccc2)S(=O)(=O)c2ccccc2)c1. The van der Waals surface area contributed by atoms with Gasteiger partial charge in [0.05, 0.1) is 29.2 Å². The van der Waals surface area contributed by atoms with Crippen LogP contribution in [0.3, 0.4) is 0 Å². The Bertz CT molecular complexity index is 1460. The quantitative estimate of drug-likeness (QED) is 0.283. The molecule has 0 saturated carbocycles. The van der Waals surface area contributed by atoms with Crippen LogP contribution in [-0.4, -0.2) is 27.5 Å². The zero-order chi connectivity index (χ0) is 26.3. The lowest BCUT2D eigenvalue weighted by Gasteiger charge is -2.26. The molecule has 0 saturated heterocycles. The fraction of sp³-hybridized carbons (Fsp3) is 0.167. The number of benzene rings is 4. The van der Waals surface area contributed by atoms with Crippen molar-refractivity contribution in [3.05, 3.63) is 125 Å². The second-order valence-corrected chi connectivity index (χ2v) is 10.6. The van der Waals surface area contributed by atoms with Crippen LogP contribution in [0.25, 0.3) is 0 Å². The van der Waals surface area contributed by atoms with Gasteiger partial charge in [-0.25, -0.2) is 8.42 Å². The summed E-state index contributed by atoms with van der Waals surface area (Å²) in [6.07, 6.45) is 0. The third-order valence-corrected chi connectivity index (χ3v) is 7.68. The Balaban J connectivity index is 1.58. The number of hydrogen-bond donors (Lipinski definition) is 1. The van der Waals surface area contributed by atoms with Crippen LogP contribution in [0.5, 0.6) is 5.75 Å². The second kappa shape index (κ2) is 11.8. The number of nitrogens with zero attached hydrogens (tertiary/aromatic N) is 1. The molecule has 1 N–H and O–H groups in total. The van der Waals surface area contributed by atoms with Crippen molar-refractivity contribution in [2.24, 2.45) is 0 Å². The molecule has 0 unspecified atom stereocenters. The number of carbonyl (C=O) groups excluding carboxylic acids is 1. The van der Waals surface area contributed by atoms with Crippen molar-refractivity contribution in [2.45, 2.75) is 25.3 Å². The van der Waals surface area contributed by atoms with E-state index in [-0.39, 0.29) is 36.1 Å². The molecule has 7 heteroatoms. The number of aryl methyl sites for hydroxylation is 2. The Morgan fingerprint density at radius 1 is 0.838 bits per heavy atom. The maximum absolute atomic E-state index is 13.8. The molecule has 0 heterocycles. The summed E-state index contributed by atoms with van der Waals surface area (Å²) in [5.41, 5.74) is 3.49. The first-order valence-corrected chi connectivity index (χ1v) is 13.5. The summed E-state index contributed by atoms with van der Waals surface area (Å²) in [4.78, 5) is 13.4. The lowest BCUT2D eigenvalue weighted by Crippen LogP contribution is -2.34. The predicted octanol–water partition coefficient (Wildman–Crippen LogP) is 5.51. The Labute approximate surface area is 218 Å². The van der Waals surface area contributed by atoms with Gasteiger partial charge in [-0.2, -0.15) is 0 Å². The smallest absolute Gasteiger partial charge is 0.264 e. The number of rotatable bonds is 10. The van der Waals surface area contributed by atoms with Crippen molar-refractivity contribution in [3.63, 3.8) is 0 Å². The maximum Gasteiger partial charge on any atom is 0.264 e. The molecule has 190 valence electrons. The average molecular weight is 515 g/mol. The highest BCUT2D eigenvalue weighted by Gasteiger charge is 2.28. The lowest BCUT2D eigenvalue weighted by molar-refractivity contribution is 0.0947. The molecule has 4 rings (SSSR count). The summed E-state index contributed by atoms with van der Waals surface area (Å²) in [6.45, 7) is 4.60. The third kappa shape index (κ3) is 6.37. The van der Waals surface area contributed by atoms with Crippen molar-refractivity contribution in [1.29, 1.82) is 0 Å². The standard InChI is InChI=1S/C30H30N2O4S/c1-23-17-18-24(2)29(21-23)36-20-19-31-30(33)27-15-9-10-16-28(27)32(22-25-11-5-3-6-12-25)37(34,35)26-13-7-4-8-14-26/h3-18,21H,19-20,22H2,1-2H3,(H,31,33). The van der Waals surface area contributed by atoms with Crippen molar-refractivity contribution in [3.8, 4) is 5.75 Å². The van der Waals surface area contributed by atoms with Crippen LogP contribution < -0.4 is 14.4 Å². The first-order chi connectivity index (χ1) is 17.9. The number of hydrogen-bond acceptors (Lipinski definition) is 4. The molecular weight excluding hydrogens is 484 g/mol. The summed E-state index contributed by atoms with van der Waals surface area (Å²) in [6, 6.07) is 30.3. The van der Waals surface area contributed by atoms with Gasteiger partial charge in [-0.3, -0.25) is 9.10 Å². The van der Waals surface area contributed by atoms with E-state index in [1.165, 1.54) is 4.31 Å². The number of nitrogens with one attached hydrogen (secondary N) is 1. The van der Waals surface area contributed by atoms with Crippen LogP contribution in [0.1, 0.15) is 27.0 Å². The highest BCUT2D eigenvalue weighted by atomic mass is 32.2. The first kappa shape index (κ1) is 26.0. The summed E-state index contributed by atoms with van der Waals surface area (Å²) < 4.78 is 34.7. The molecule has 0 aliphatic carbocycles. The zero-order valence-electron chi connectivity index (χ0n) is 20.9. The Morgan fingerprint density at radius 3 is 2.22 bits per heavy atom. The Hall–Kier alpha value is -4.10. The highest BCUT2D eigenvalue weighted by Crippen LogP contribution is 2.29. The summed E-state index contributed by atoms with van der Waals surface area (Å²) in [5, 5.41) is 2.87. The average Bonchev–Trinajstić information content (AvgIpc) is 2.92. The minimum absolute atomic E-state index is 0.0815. The number of para-hydroxylation sites is 1. The van der Waals surface area contributed by atoms with Gasteiger partial charge < -0.3 is 10.1 Å². The molecule has 0 spiro atoms. The minimum atomic E-state index is -3.95. The summed E-state index contributed by atoms with van der Waals surface area (Å²) in [7, 11) is -3.95. The van der Waals surface area contributed by atoms with Gasteiger partial charge >= 0.3 is 0 Å². The largest absolute Gasteiger partial charge is 0.491 e. The number of amides is 1. The van der Waals surface area contributed by atoms with Gasteiger partial charge in [-0.15, -0.1) is 0 Å². The van der Waals surface area contributed by atoms with E-state index in [1.807, 2.05) is 62.4 Å². The van der Waals surface area contributed by atoms with Gasteiger partial charge in [-0.1, -0.05) is 72.8 Å². The van der Waals surface area contributed by atoms with Crippen LogP contribution in [-0.2, 0) is 16.6 Å². The summed E-state index contributed by atoms with van der Waals surface area (Å²) in [5.74, 6) is 0.402. The third-order valence-electron chi connectivity index (χ3n) is 5.91. The fourth-order valence-electron chi connectivity index (χ4n) is 3.94. The molecule has 0 aliphatic rings. The molecule has 0 fully saturated rings. The van der Waals surface area contributed by atoms with Gasteiger partial charge in [0, 0.05) is 0 Å². The van der Waals surface area contributed by atoms with E-state index in [0.717, 1.165) is 22.4 Å². The zero-order valence-corrected chi connectivity index (χ0v) is 21.7. The van der Waals surface area contributed by atoms with Gasteiger partial charge in [0.2, 0.25) is 0 Å². The molecule has 4 aromatic rings.